The summed E-state index contributed by atoms with van der Waals surface area (Å²) in [6.07, 6.45) is 2.11. The van der Waals surface area contributed by atoms with Crippen molar-refractivity contribution in [1.82, 2.24) is 5.32 Å². The summed E-state index contributed by atoms with van der Waals surface area (Å²) in [6, 6.07) is 14.3. The van der Waals surface area contributed by atoms with Gasteiger partial charge in [-0.3, -0.25) is 4.79 Å². The van der Waals surface area contributed by atoms with Gasteiger partial charge in [0.1, 0.15) is 17.4 Å². The molecule has 26 heavy (non-hydrogen) atoms. The van der Waals surface area contributed by atoms with Crippen LogP contribution in [0, 0.1) is 11.3 Å². The van der Waals surface area contributed by atoms with Crippen molar-refractivity contribution in [2.24, 2.45) is 0 Å². The third-order valence-electron chi connectivity index (χ3n) is 3.48. The molecule has 0 aliphatic rings. The van der Waals surface area contributed by atoms with E-state index in [1.807, 2.05) is 30.3 Å². The van der Waals surface area contributed by atoms with E-state index in [1.165, 1.54) is 12.3 Å². The smallest absolute Gasteiger partial charge is 0.267 e. The SMILES string of the molecule is COc1cccc(CCN/C=C(/C#N)C(=O)Nc2ccc(Cl)cc2Cl)c1. The predicted octanol–water partition coefficient (Wildman–Crippen LogP) is 4.18. The van der Waals surface area contributed by atoms with Crippen LogP contribution in [0.25, 0.3) is 0 Å². The minimum absolute atomic E-state index is 0.0540. The molecule has 5 nitrogen and oxygen atoms in total. The first kappa shape index (κ1) is 19.6. The second-order valence-corrected chi connectivity index (χ2v) is 6.15. The second kappa shape index (κ2) is 9.71. The van der Waals surface area contributed by atoms with Crippen molar-refractivity contribution in [3.8, 4) is 11.8 Å². The molecule has 0 aromatic heterocycles. The minimum atomic E-state index is -0.550. The zero-order chi connectivity index (χ0) is 18.9. The van der Waals surface area contributed by atoms with Gasteiger partial charge in [0.05, 0.1) is 17.8 Å². The van der Waals surface area contributed by atoms with Crippen LogP contribution in [0.2, 0.25) is 10.0 Å². The normalized spacial score (nSPS) is 10.8. The first-order valence-corrected chi connectivity index (χ1v) is 8.52. The molecule has 2 aromatic carbocycles. The molecular formula is C19H17Cl2N3O2. The Labute approximate surface area is 162 Å². The van der Waals surface area contributed by atoms with Crippen LogP contribution in [0.15, 0.2) is 54.2 Å². The van der Waals surface area contributed by atoms with E-state index in [-0.39, 0.29) is 5.57 Å². The van der Waals surface area contributed by atoms with E-state index in [0.29, 0.717) is 22.3 Å². The van der Waals surface area contributed by atoms with E-state index in [4.69, 9.17) is 27.9 Å². The Morgan fingerprint density at radius 2 is 2.08 bits per heavy atom. The number of benzene rings is 2. The lowest BCUT2D eigenvalue weighted by Gasteiger charge is -2.07. The summed E-state index contributed by atoms with van der Waals surface area (Å²) in [4.78, 5) is 12.2. The fraction of sp³-hybridized carbons (Fsp3) is 0.158. The van der Waals surface area contributed by atoms with Crippen molar-refractivity contribution in [3.05, 3.63) is 69.8 Å². The number of amides is 1. The summed E-state index contributed by atoms with van der Waals surface area (Å²) in [5.74, 6) is 0.237. The molecule has 0 radical (unpaired) electrons. The van der Waals surface area contributed by atoms with Gasteiger partial charge < -0.3 is 15.4 Å². The average molecular weight is 390 g/mol. The number of nitriles is 1. The number of halogens is 2. The van der Waals surface area contributed by atoms with Crippen LogP contribution in [0.5, 0.6) is 5.75 Å². The van der Waals surface area contributed by atoms with Crippen molar-refractivity contribution in [2.45, 2.75) is 6.42 Å². The molecule has 0 spiro atoms. The van der Waals surface area contributed by atoms with E-state index < -0.39 is 5.91 Å². The number of anilines is 1. The van der Waals surface area contributed by atoms with Crippen LogP contribution in [-0.4, -0.2) is 19.6 Å². The van der Waals surface area contributed by atoms with Gasteiger partial charge in [-0.1, -0.05) is 35.3 Å². The molecule has 134 valence electrons. The Hall–Kier alpha value is -2.68. The molecule has 0 aliphatic carbocycles. The molecule has 0 unspecified atom stereocenters. The van der Waals surface area contributed by atoms with Crippen molar-refractivity contribution in [3.63, 3.8) is 0 Å². The highest BCUT2D eigenvalue weighted by Crippen LogP contribution is 2.25. The van der Waals surface area contributed by atoms with Gasteiger partial charge in [0.25, 0.3) is 5.91 Å². The summed E-state index contributed by atoms with van der Waals surface area (Å²) in [5, 5.41) is 15.5. The van der Waals surface area contributed by atoms with Gasteiger partial charge in [-0.05, 0) is 42.3 Å². The Balaban J connectivity index is 1.92. The van der Waals surface area contributed by atoms with Crippen molar-refractivity contribution >= 4 is 34.8 Å². The zero-order valence-corrected chi connectivity index (χ0v) is 15.6. The maximum atomic E-state index is 12.2. The Morgan fingerprint density at radius 1 is 1.27 bits per heavy atom. The van der Waals surface area contributed by atoms with Gasteiger partial charge in [-0.25, -0.2) is 0 Å². The molecule has 2 N–H and O–H groups in total. The monoisotopic (exact) mass is 389 g/mol. The number of carbonyl (C=O) groups excluding carboxylic acids is 1. The van der Waals surface area contributed by atoms with Gasteiger partial charge in [0, 0.05) is 17.8 Å². The number of hydrogen-bond acceptors (Lipinski definition) is 4. The Bertz CT molecular complexity index is 860. The van der Waals surface area contributed by atoms with Gasteiger partial charge in [-0.2, -0.15) is 5.26 Å². The van der Waals surface area contributed by atoms with Crippen molar-refractivity contribution in [1.29, 1.82) is 5.26 Å². The zero-order valence-electron chi connectivity index (χ0n) is 14.1. The maximum Gasteiger partial charge on any atom is 0.267 e. The van der Waals surface area contributed by atoms with Crippen LogP contribution in [0.4, 0.5) is 5.69 Å². The molecule has 0 aliphatic heterocycles. The summed E-state index contributed by atoms with van der Waals surface area (Å²) in [6.45, 7) is 0.563. The second-order valence-electron chi connectivity index (χ2n) is 5.30. The fourth-order valence-corrected chi connectivity index (χ4v) is 2.60. The molecule has 1 amide bonds. The first-order valence-electron chi connectivity index (χ1n) is 7.76. The third-order valence-corrected chi connectivity index (χ3v) is 4.03. The van der Waals surface area contributed by atoms with Gasteiger partial charge >= 0.3 is 0 Å². The van der Waals surface area contributed by atoms with Gasteiger partial charge in [0.2, 0.25) is 0 Å². The quantitative estimate of drug-likeness (QED) is 0.423. The topological polar surface area (TPSA) is 74.1 Å². The van der Waals surface area contributed by atoms with Crippen molar-refractivity contribution in [2.75, 3.05) is 19.0 Å². The molecular weight excluding hydrogens is 373 g/mol. The summed E-state index contributed by atoms with van der Waals surface area (Å²) < 4.78 is 5.17. The van der Waals surface area contributed by atoms with Crippen LogP contribution >= 0.6 is 23.2 Å². The number of ether oxygens (including phenoxy) is 1. The van der Waals surface area contributed by atoms with E-state index >= 15 is 0 Å². The molecule has 7 heteroatoms. The minimum Gasteiger partial charge on any atom is -0.497 e. The summed E-state index contributed by atoms with van der Waals surface area (Å²) in [7, 11) is 1.62. The first-order chi connectivity index (χ1) is 12.5. The molecule has 2 rings (SSSR count). The van der Waals surface area contributed by atoms with E-state index in [2.05, 4.69) is 10.6 Å². The van der Waals surface area contributed by atoms with Crippen LogP contribution in [0.1, 0.15) is 5.56 Å². The lowest BCUT2D eigenvalue weighted by molar-refractivity contribution is -0.112. The number of methoxy groups -OCH3 is 1. The summed E-state index contributed by atoms with van der Waals surface area (Å²) in [5.41, 5.74) is 1.42. The Morgan fingerprint density at radius 3 is 2.77 bits per heavy atom. The molecule has 0 heterocycles. The predicted molar refractivity (Wildman–Crippen MR) is 103 cm³/mol. The number of nitrogens with zero attached hydrogens (tertiary/aromatic N) is 1. The maximum absolute atomic E-state index is 12.2. The van der Waals surface area contributed by atoms with E-state index in [0.717, 1.165) is 17.7 Å². The third kappa shape index (κ3) is 5.69. The lowest BCUT2D eigenvalue weighted by atomic mass is 10.1. The molecule has 0 atom stereocenters. The average Bonchev–Trinajstić information content (AvgIpc) is 2.64. The van der Waals surface area contributed by atoms with Gasteiger partial charge in [-0.15, -0.1) is 0 Å². The highest BCUT2D eigenvalue weighted by Gasteiger charge is 2.11. The molecule has 2 aromatic rings. The largest absolute Gasteiger partial charge is 0.497 e. The molecule has 0 fully saturated rings. The fourth-order valence-electron chi connectivity index (χ4n) is 2.15. The highest BCUT2D eigenvalue weighted by atomic mass is 35.5. The highest BCUT2D eigenvalue weighted by molar-refractivity contribution is 6.36. The molecule has 0 saturated heterocycles. The standard InChI is InChI=1S/C19H17Cl2N3O2/c1-26-16-4-2-3-13(9-16)7-8-23-12-14(11-22)19(25)24-18-6-5-15(20)10-17(18)21/h2-6,9-10,12,23H,7-8H2,1H3,(H,24,25)/b14-12-. The Kier molecular flexibility index (Phi) is 7.34. The van der Waals surface area contributed by atoms with Crippen LogP contribution in [-0.2, 0) is 11.2 Å². The van der Waals surface area contributed by atoms with Crippen LogP contribution < -0.4 is 15.4 Å². The molecule has 0 saturated carbocycles. The van der Waals surface area contributed by atoms with Gasteiger partial charge in [0.15, 0.2) is 0 Å². The number of carbonyl (C=O) groups is 1. The van der Waals surface area contributed by atoms with E-state index in [9.17, 15) is 10.1 Å². The number of hydrogen-bond donors (Lipinski definition) is 2. The number of rotatable bonds is 7. The lowest BCUT2D eigenvalue weighted by Crippen LogP contribution is -2.18. The molecule has 0 bridgehead atoms. The van der Waals surface area contributed by atoms with E-state index in [1.54, 1.807) is 19.2 Å². The van der Waals surface area contributed by atoms with Crippen molar-refractivity contribution < 1.29 is 9.53 Å². The number of nitrogens with one attached hydrogen (secondary N) is 2. The summed E-state index contributed by atoms with van der Waals surface area (Å²) >= 11 is 11.8. The van der Waals surface area contributed by atoms with Crippen LogP contribution in [0.3, 0.4) is 0 Å².